The second-order valence-electron chi connectivity index (χ2n) is 8.49. The van der Waals surface area contributed by atoms with Crippen molar-refractivity contribution in [2.45, 2.75) is 20.4 Å². The highest BCUT2D eigenvalue weighted by atomic mass is 16.1. The molecule has 0 N–H and O–H groups in total. The van der Waals surface area contributed by atoms with Crippen LogP contribution in [0.15, 0.2) is 90.4 Å². The molecule has 0 unspecified atom stereocenters. The highest BCUT2D eigenvalue weighted by Crippen LogP contribution is 2.29. The van der Waals surface area contributed by atoms with Crippen molar-refractivity contribution in [3.63, 3.8) is 0 Å². The van der Waals surface area contributed by atoms with Gasteiger partial charge < -0.3 is 4.57 Å². The fraction of sp³-hybridized carbons (Fsp3) is 0.111. The molecule has 2 aromatic carbocycles. The average Bonchev–Trinajstić information content (AvgIpc) is 3.49. The van der Waals surface area contributed by atoms with Gasteiger partial charge in [0, 0.05) is 42.9 Å². The normalized spacial score (nSPS) is 11.5. The summed E-state index contributed by atoms with van der Waals surface area (Å²) in [5, 5.41) is 10.0. The molecule has 166 valence electrons. The number of nitrogens with zero attached hydrogens (tertiary/aromatic N) is 6. The zero-order valence-corrected chi connectivity index (χ0v) is 18.9. The summed E-state index contributed by atoms with van der Waals surface area (Å²) in [6.07, 6.45) is 9.14. The Morgan fingerprint density at radius 3 is 2.41 bits per heavy atom. The summed E-state index contributed by atoms with van der Waals surface area (Å²) in [4.78, 5) is 17.7. The Balaban J connectivity index is 1.49. The minimum Gasteiger partial charge on any atom is -0.342 e. The lowest BCUT2D eigenvalue weighted by Gasteiger charge is -2.14. The fourth-order valence-corrected chi connectivity index (χ4v) is 4.56. The highest BCUT2D eigenvalue weighted by Gasteiger charge is 2.22. The van der Waals surface area contributed by atoms with Crippen molar-refractivity contribution in [2.75, 3.05) is 0 Å². The summed E-state index contributed by atoms with van der Waals surface area (Å²) in [6, 6.07) is 18.3. The maximum atomic E-state index is 13.5. The van der Waals surface area contributed by atoms with Crippen LogP contribution < -0.4 is 5.56 Å². The Labute approximate surface area is 195 Å². The predicted octanol–water partition coefficient (Wildman–Crippen LogP) is 4.54. The Bertz CT molecular complexity index is 1640. The molecule has 0 radical (unpaired) electrons. The van der Waals surface area contributed by atoms with E-state index in [0.717, 1.165) is 39.0 Å². The molecule has 4 aromatic rings. The zero-order valence-electron chi connectivity index (χ0n) is 18.9. The van der Waals surface area contributed by atoms with Crippen LogP contribution in [0.3, 0.4) is 0 Å². The average molecular weight is 447 g/mol. The molecule has 0 atom stereocenters. The van der Waals surface area contributed by atoms with Gasteiger partial charge in [-0.05, 0) is 54.8 Å². The molecular formula is C27H22N6O. The first kappa shape index (κ1) is 20.1. The van der Waals surface area contributed by atoms with Gasteiger partial charge in [0.15, 0.2) is 0 Å². The Morgan fingerprint density at radius 2 is 1.68 bits per heavy atom. The van der Waals surface area contributed by atoms with Gasteiger partial charge in [0.25, 0.3) is 5.56 Å². The van der Waals surface area contributed by atoms with Gasteiger partial charge in [-0.2, -0.15) is 14.9 Å². The topological polar surface area (TPSA) is 70.5 Å². The minimum absolute atomic E-state index is 0.124. The first-order valence-electron chi connectivity index (χ1n) is 11.1. The lowest BCUT2D eigenvalue weighted by Crippen LogP contribution is -2.17. The van der Waals surface area contributed by atoms with E-state index in [1.165, 1.54) is 4.68 Å². The van der Waals surface area contributed by atoms with Crippen molar-refractivity contribution in [1.82, 2.24) is 29.1 Å². The predicted molar refractivity (Wildman–Crippen MR) is 132 cm³/mol. The Kier molecular flexibility index (Phi) is 4.62. The molecule has 2 aliphatic heterocycles. The molecule has 0 aliphatic carbocycles. The van der Waals surface area contributed by atoms with Crippen molar-refractivity contribution < 1.29 is 0 Å². The molecule has 0 saturated heterocycles. The summed E-state index contributed by atoms with van der Waals surface area (Å²) in [6.45, 7) is 4.53. The number of aromatic nitrogens is 6. The van der Waals surface area contributed by atoms with Gasteiger partial charge >= 0.3 is 0 Å². The second-order valence-corrected chi connectivity index (χ2v) is 8.49. The maximum absolute atomic E-state index is 13.5. The lowest BCUT2D eigenvalue weighted by atomic mass is 10.1. The molecule has 0 spiro atoms. The summed E-state index contributed by atoms with van der Waals surface area (Å²) >= 11 is 0. The molecule has 6 rings (SSSR count). The van der Waals surface area contributed by atoms with Gasteiger partial charge in [-0.15, -0.1) is 0 Å². The molecule has 7 nitrogen and oxygen atoms in total. The Morgan fingerprint density at radius 1 is 0.912 bits per heavy atom. The SMILES string of the molecule is Cc1cncc(C)c1-n1nc2c3ccccc3n(Cc3ccc(-n4cccn4)cc3)cc-2c1=O. The number of hydrogen-bond donors (Lipinski definition) is 0. The number of hydrogen-bond acceptors (Lipinski definition) is 4. The van der Waals surface area contributed by atoms with Gasteiger partial charge in [0.1, 0.15) is 5.69 Å². The summed E-state index contributed by atoms with van der Waals surface area (Å²) in [7, 11) is 0. The van der Waals surface area contributed by atoms with Crippen LogP contribution in [-0.4, -0.2) is 29.1 Å². The molecular weight excluding hydrogens is 424 g/mol. The van der Waals surface area contributed by atoms with E-state index in [-0.39, 0.29) is 5.56 Å². The van der Waals surface area contributed by atoms with Gasteiger partial charge in [-0.1, -0.05) is 30.3 Å². The van der Waals surface area contributed by atoms with Gasteiger partial charge in [0.05, 0.1) is 22.5 Å². The third kappa shape index (κ3) is 3.21. The molecule has 0 saturated carbocycles. The Hall–Kier alpha value is -4.52. The van der Waals surface area contributed by atoms with Crippen LogP contribution in [0.4, 0.5) is 0 Å². The molecule has 0 bridgehead atoms. The lowest BCUT2D eigenvalue weighted by molar-refractivity contribution is 0.824. The van der Waals surface area contributed by atoms with Crippen LogP contribution in [-0.2, 0) is 6.54 Å². The molecule has 34 heavy (non-hydrogen) atoms. The van der Waals surface area contributed by atoms with E-state index >= 15 is 0 Å². The third-order valence-corrected chi connectivity index (χ3v) is 6.18. The molecule has 2 aliphatic rings. The largest absolute Gasteiger partial charge is 0.342 e. The third-order valence-electron chi connectivity index (χ3n) is 6.18. The molecule has 2 aromatic heterocycles. The quantitative estimate of drug-likeness (QED) is 0.399. The van der Waals surface area contributed by atoms with Gasteiger partial charge in [0.2, 0.25) is 0 Å². The summed E-state index contributed by atoms with van der Waals surface area (Å²) < 4.78 is 5.48. The number of benzene rings is 2. The maximum Gasteiger partial charge on any atom is 0.282 e. The molecule has 7 heteroatoms. The van der Waals surface area contributed by atoms with Crippen LogP contribution in [0.2, 0.25) is 0 Å². The van der Waals surface area contributed by atoms with Crippen molar-refractivity contribution in [2.24, 2.45) is 0 Å². The fourth-order valence-electron chi connectivity index (χ4n) is 4.56. The van der Waals surface area contributed by atoms with Crippen LogP contribution in [0.25, 0.3) is 33.5 Å². The number of para-hydroxylation sites is 1. The number of fused-ring (bicyclic) bond motifs is 3. The molecule has 0 amide bonds. The van der Waals surface area contributed by atoms with E-state index in [4.69, 9.17) is 5.10 Å². The van der Waals surface area contributed by atoms with Gasteiger partial charge in [-0.25, -0.2) is 4.68 Å². The zero-order chi connectivity index (χ0) is 23.2. The van der Waals surface area contributed by atoms with Crippen molar-refractivity contribution in [3.8, 4) is 22.6 Å². The molecule has 4 heterocycles. The van der Waals surface area contributed by atoms with E-state index in [1.54, 1.807) is 18.6 Å². The van der Waals surface area contributed by atoms with Crippen molar-refractivity contribution >= 4 is 10.9 Å². The smallest absolute Gasteiger partial charge is 0.282 e. The number of aryl methyl sites for hydroxylation is 2. The van der Waals surface area contributed by atoms with E-state index in [1.807, 2.05) is 55.2 Å². The van der Waals surface area contributed by atoms with Crippen LogP contribution in [0.5, 0.6) is 0 Å². The van der Waals surface area contributed by atoms with Crippen LogP contribution in [0, 0.1) is 13.8 Å². The van der Waals surface area contributed by atoms with Crippen LogP contribution >= 0.6 is 0 Å². The van der Waals surface area contributed by atoms with E-state index < -0.39 is 0 Å². The van der Waals surface area contributed by atoms with Crippen LogP contribution in [0.1, 0.15) is 16.7 Å². The summed E-state index contributed by atoms with van der Waals surface area (Å²) in [5.41, 5.74) is 6.97. The summed E-state index contributed by atoms with van der Waals surface area (Å²) in [5.74, 6) is 0. The first-order chi connectivity index (χ1) is 16.6. The van der Waals surface area contributed by atoms with E-state index in [9.17, 15) is 4.79 Å². The number of rotatable bonds is 4. The number of pyridine rings is 2. The van der Waals surface area contributed by atoms with Crippen molar-refractivity contribution in [1.29, 1.82) is 0 Å². The highest BCUT2D eigenvalue weighted by molar-refractivity contribution is 5.93. The first-order valence-corrected chi connectivity index (χ1v) is 11.1. The van der Waals surface area contributed by atoms with Crippen molar-refractivity contribution in [3.05, 3.63) is 113 Å². The molecule has 0 fully saturated rings. The van der Waals surface area contributed by atoms with E-state index in [2.05, 4.69) is 45.0 Å². The standard InChI is InChI=1S/C27H22N6O/c1-18-14-28-15-19(2)26(18)33-27(34)23-17-31(24-7-4-3-6-22(24)25(23)30-33)16-20-8-10-21(11-9-20)32-13-5-12-29-32/h3-15,17H,16H2,1-2H3. The monoisotopic (exact) mass is 446 g/mol. The van der Waals surface area contributed by atoms with E-state index in [0.29, 0.717) is 17.8 Å². The second kappa shape index (κ2) is 7.81. The minimum atomic E-state index is -0.124. The van der Waals surface area contributed by atoms with Gasteiger partial charge in [-0.3, -0.25) is 9.78 Å².